The largest absolute Gasteiger partial charge is 0.465 e. The molecule has 242 valence electrons. The Bertz CT molecular complexity index is 1610. The number of likely N-dealkylation sites (tertiary alicyclic amines) is 1. The van der Waals surface area contributed by atoms with Gasteiger partial charge >= 0.3 is 12.2 Å². The van der Waals surface area contributed by atoms with Gasteiger partial charge in [0.1, 0.15) is 18.2 Å². The minimum absolute atomic E-state index is 0.0104. The topological polar surface area (TPSA) is 165 Å². The number of para-hydroxylation sites is 1. The summed E-state index contributed by atoms with van der Waals surface area (Å²) in [5.41, 5.74) is 0.783. The molecule has 1 saturated heterocycles. The van der Waals surface area contributed by atoms with E-state index in [1.54, 1.807) is 45.2 Å². The van der Waals surface area contributed by atoms with Crippen molar-refractivity contribution in [1.82, 2.24) is 14.9 Å². The van der Waals surface area contributed by atoms with Gasteiger partial charge in [0.2, 0.25) is 5.91 Å². The number of carboxylic acid groups (broad SMARTS) is 1. The molecule has 3 aromatic rings. The van der Waals surface area contributed by atoms with E-state index in [2.05, 4.69) is 10.3 Å². The van der Waals surface area contributed by atoms with Crippen molar-refractivity contribution in [3.05, 3.63) is 72.4 Å². The van der Waals surface area contributed by atoms with E-state index in [1.807, 2.05) is 42.5 Å². The van der Waals surface area contributed by atoms with Crippen molar-refractivity contribution < 1.29 is 41.7 Å². The van der Waals surface area contributed by atoms with Crippen LogP contribution >= 0.6 is 0 Å². The van der Waals surface area contributed by atoms with Crippen LogP contribution < -0.4 is 5.32 Å². The molecule has 1 fully saturated rings. The van der Waals surface area contributed by atoms with Gasteiger partial charge < -0.3 is 15.2 Å². The number of hydroxylamine groups is 2. The van der Waals surface area contributed by atoms with Crippen molar-refractivity contribution in [1.29, 1.82) is 0 Å². The summed E-state index contributed by atoms with van der Waals surface area (Å²) in [5.74, 6) is -1.41. The lowest BCUT2D eigenvalue weighted by molar-refractivity contribution is -0.192. The molecule has 1 aliphatic rings. The summed E-state index contributed by atoms with van der Waals surface area (Å²) >= 11 is 0. The van der Waals surface area contributed by atoms with Crippen LogP contribution in [0.15, 0.2) is 66.9 Å². The lowest BCUT2D eigenvalue weighted by Crippen LogP contribution is -2.61. The molecule has 2 aromatic carbocycles. The van der Waals surface area contributed by atoms with E-state index in [-0.39, 0.29) is 32.6 Å². The summed E-state index contributed by atoms with van der Waals surface area (Å²) in [6, 6.07) is 15.8. The van der Waals surface area contributed by atoms with Gasteiger partial charge in [0, 0.05) is 18.1 Å². The standard InChI is InChI=1S/C31H38N4O9S/c1-31(2,3)44-30(39)35(42-20-21-10-6-5-7-11-21)24-18-23(15-17-43-45(4,40)41)27(34(19-24)29(37)38)28(36)33-25-14-8-12-22-13-9-16-32-26(22)25/h5-14,16,23-24,27H,15,17-20H2,1-4H3,(H,33,36)(H,37,38)/t23-,24-,27+/m1/s1. The van der Waals surface area contributed by atoms with Crippen LogP contribution in [-0.2, 0) is 35.3 Å². The molecule has 0 bridgehead atoms. The van der Waals surface area contributed by atoms with E-state index in [1.165, 1.54) is 0 Å². The number of hydrogen-bond acceptors (Lipinski definition) is 9. The van der Waals surface area contributed by atoms with Gasteiger partial charge in [-0.1, -0.05) is 48.5 Å². The molecule has 1 aromatic heterocycles. The number of ether oxygens (including phenoxy) is 1. The molecule has 4 rings (SSSR count). The monoisotopic (exact) mass is 642 g/mol. The first-order valence-corrected chi connectivity index (χ1v) is 16.2. The van der Waals surface area contributed by atoms with Crippen LogP contribution in [0.1, 0.15) is 39.2 Å². The minimum atomic E-state index is -3.82. The van der Waals surface area contributed by atoms with Gasteiger partial charge in [-0.3, -0.25) is 23.7 Å². The predicted octanol–water partition coefficient (Wildman–Crippen LogP) is 4.65. The SMILES string of the molecule is CC(C)(C)OC(=O)N(OCc1ccccc1)[C@@H]1C[C@@H](CCOS(C)(=O)=O)[C@@H](C(=O)Nc2cccc3cccnc23)N(C(=O)O)C1. The molecule has 0 radical (unpaired) electrons. The quantitative estimate of drug-likeness (QED) is 0.235. The third kappa shape index (κ3) is 9.36. The zero-order valence-electron chi connectivity index (χ0n) is 25.6. The molecular weight excluding hydrogens is 604 g/mol. The van der Waals surface area contributed by atoms with Crippen molar-refractivity contribution >= 4 is 44.8 Å². The van der Waals surface area contributed by atoms with E-state index in [0.717, 1.165) is 27.2 Å². The highest BCUT2D eigenvalue weighted by atomic mass is 32.2. The molecule has 3 atom stereocenters. The van der Waals surface area contributed by atoms with Gasteiger partial charge in [-0.25, -0.2) is 9.59 Å². The molecule has 1 aliphatic heterocycles. The Morgan fingerprint density at radius 1 is 1.07 bits per heavy atom. The Morgan fingerprint density at radius 3 is 2.44 bits per heavy atom. The molecule has 0 aliphatic carbocycles. The summed E-state index contributed by atoms with van der Waals surface area (Å²) in [7, 11) is -3.82. The molecule has 45 heavy (non-hydrogen) atoms. The first-order valence-electron chi connectivity index (χ1n) is 14.4. The van der Waals surface area contributed by atoms with Gasteiger partial charge in [-0.15, -0.1) is 0 Å². The van der Waals surface area contributed by atoms with Crippen LogP contribution in [0.4, 0.5) is 15.3 Å². The highest BCUT2D eigenvalue weighted by Crippen LogP contribution is 2.33. The van der Waals surface area contributed by atoms with Gasteiger partial charge in [0.25, 0.3) is 10.1 Å². The van der Waals surface area contributed by atoms with Crippen LogP contribution in [0.5, 0.6) is 0 Å². The Balaban J connectivity index is 1.66. The summed E-state index contributed by atoms with van der Waals surface area (Å²) in [5, 5.41) is 14.9. The van der Waals surface area contributed by atoms with Crippen LogP contribution in [0.2, 0.25) is 0 Å². The smallest absolute Gasteiger partial charge is 0.434 e. The summed E-state index contributed by atoms with van der Waals surface area (Å²) in [6.45, 7) is 4.48. The lowest BCUT2D eigenvalue weighted by Gasteiger charge is -2.45. The van der Waals surface area contributed by atoms with E-state index < -0.39 is 51.8 Å². The van der Waals surface area contributed by atoms with E-state index >= 15 is 0 Å². The Kier molecular flexibility index (Phi) is 10.6. The second-order valence-corrected chi connectivity index (χ2v) is 13.4. The molecule has 2 N–H and O–H groups in total. The molecule has 0 saturated carbocycles. The summed E-state index contributed by atoms with van der Waals surface area (Å²) in [6.07, 6.45) is 0.316. The number of fused-ring (bicyclic) bond motifs is 1. The molecule has 2 heterocycles. The van der Waals surface area contributed by atoms with Gasteiger partial charge in [-0.05, 0) is 57.2 Å². The number of rotatable bonds is 10. The fourth-order valence-electron chi connectivity index (χ4n) is 5.24. The van der Waals surface area contributed by atoms with Gasteiger partial charge in [0.05, 0.1) is 30.1 Å². The van der Waals surface area contributed by atoms with Crippen molar-refractivity contribution in [3.8, 4) is 0 Å². The first kappa shape index (κ1) is 33.6. The first-order chi connectivity index (χ1) is 21.2. The maximum atomic E-state index is 13.9. The molecule has 0 spiro atoms. The van der Waals surface area contributed by atoms with Crippen LogP contribution in [0.25, 0.3) is 10.9 Å². The average Bonchev–Trinajstić information content (AvgIpc) is 2.96. The third-order valence-corrected chi connectivity index (χ3v) is 7.67. The van der Waals surface area contributed by atoms with Crippen molar-refractivity contribution in [2.24, 2.45) is 5.92 Å². The zero-order chi connectivity index (χ0) is 32.8. The Hall–Kier alpha value is -4.27. The number of hydrogen-bond donors (Lipinski definition) is 2. The van der Waals surface area contributed by atoms with Crippen molar-refractivity contribution in [2.75, 3.05) is 24.7 Å². The third-order valence-electron chi connectivity index (χ3n) is 7.07. The minimum Gasteiger partial charge on any atom is -0.465 e. The number of amides is 3. The Labute approximate surface area is 262 Å². The highest BCUT2D eigenvalue weighted by molar-refractivity contribution is 7.85. The van der Waals surface area contributed by atoms with Crippen molar-refractivity contribution in [2.45, 2.75) is 57.9 Å². The average molecular weight is 643 g/mol. The number of nitrogens with zero attached hydrogens (tertiary/aromatic N) is 3. The molecule has 0 unspecified atom stereocenters. The highest BCUT2D eigenvalue weighted by Gasteiger charge is 2.46. The number of piperidine rings is 1. The number of carbonyl (C=O) groups is 3. The maximum absolute atomic E-state index is 13.9. The van der Waals surface area contributed by atoms with Crippen molar-refractivity contribution in [3.63, 3.8) is 0 Å². The lowest BCUT2D eigenvalue weighted by atomic mass is 9.83. The van der Waals surface area contributed by atoms with E-state index in [4.69, 9.17) is 13.8 Å². The van der Waals surface area contributed by atoms with E-state index in [9.17, 15) is 27.9 Å². The summed E-state index contributed by atoms with van der Waals surface area (Å²) in [4.78, 5) is 51.2. The zero-order valence-corrected chi connectivity index (χ0v) is 26.4. The molecule has 14 heteroatoms. The van der Waals surface area contributed by atoms with Gasteiger partial charge in [-0.2, -0.15) is 13.5 Å². The molecule has 13 nitrogen and oxygen atoms in total. The van der Waals surface area contributed by atoms with Gasteiger partial charge in [0.15, 0.2) is 0 Å². The number of pyridine rings is 1. The van der Waals surface area contributed by atoms with Crippen LogP contribution in [0, 0.1) is 5.92 Å². The molecular formula is C31H38N4O9S. The van der Waals surface area contributed by atoms with Crippen LogP contribution in [0.3, 0.4) is 0 Å². The van der Waals surface area contributed by atoms with Crippen LogP contribution in [-0.4, -0.2) is 83.7 Å². The number of carbonyl (C=O) groups excluding carboxylic acids is 2. The van der Waals surface area contributed by atoms with E-state index in [0.29, 0.717) is 11.2 Å². The number of nitrogens with one attached hydrogen (secondary N) is 1. The Morgan fingerprint density at radius 2 is 1.78 bits per heavy atom. The second kappa shape index (κ2) is 14.2. The predicted molar refractivity (Wildman–Crippen MR) is 166 cm³/mol. The molecule has 3 amide bonds. The fourth-order valence-corrected chi connectivity index (χ4v) is 5.64. The maximum Gasteiger partial charge on any atom is 0.434 e. The number of anilines is 1. The second-order valence-electron chi connectivity index (χ2n) is 11.8. The number of benzene rings is 2. The number of aromatic nitrogens is 1. The normalized spacial score (nSPS) is 18.8. The summed E-state index contributed by atoms with van der Waals surface area (Å²) < 4.78 is 34.1. The fraction of sp³-hybridized carbons (Fsp3) is 0.419.